The molecule has 0 radical (unpaired) electrons. The fourth-order valence-corrected chi connectivity index (χ4v) is 4.57. The van der Waals surface area contributed by atoms with Crippen LogP contribution in [0.5, 0.6) is 0 Å². The maximum absolute atomic E-state index is 12.4. The Bertz CT molecular complexity index is 597. The largest absolute Gasteiger partial charge is 0.392 e. The second kappa shape index (κ2) is 6.75. The first kappa shape index (κ1) is 16.9. The monoisotopic (exact) mass is 377 g/mol. The average molecular weight is 378 g/mol. The third-order valence-electron chi connectivity index (χ3n) is 3.86. The molecule has 1 aliphatic rings. The van der Waals surface area contributed by atoms with E-state index in [1.54, 1.807) is 12.1 Å². The number of hydrogen-bond donors (Lipinski definition) is 2. The maximum Gasteiger partial charge on any atom is 0.241 e. The summed E-state index contributed by atoms with van der Waals surface area (Å²) in [6.07, 6.45) is 1.69. The van der Waals surface area contributed by atoms with Crippen LogP contribution >= 0.6 is 15.9 Å². The van der Waals surface area contributed by atoms with Crippen molar-refractivity contribution < 1.29 is 18.3 Å². The first-order chi connectivity index (χ1) is 9.86. The number of ether oxygens (including phenoxy) is 1. The van der Waals surface area contributed by atoms with Gasteiger partial charge in [0.2, 0.25) is 10.0 Å². The normalized spacial score (nSPS) is 18.6. The van der Waals surface area contributed by atoms with Crippen LogP contribution in [0, 0.1) is 5.41 Å². The zero-order chi connectivity index (χ0) is 15.5. The lowest BCUT2D eigenvalue weighted by molar-refractivity contribution is 0.0264. The maximum atomic E-state index is 12.4. The van der Waals surface area contributed by atoms with E-state index in [-0.39, 0.29) is 16.9 Å². The molecule has 1 aromatic carbocycles. The highest BCUT2D eigenvalue weighted by Crippen LogP contribution is 2.30. The molecule has 1 aliphatic heterocycles. The van der Waals surface area contributed by atoms with E-state index in [9.17, 15) is 8.42 Å². The summed E-state index contributed by atoms with van der Waals surface area (Å²) in [6.45, 7) is 3.69. The van der Waals surface area contributed by atoms with E-state index in [4.69, 9.17) is 9.84 Å². The quantitative estimate of drug-likeness (QED) is 0.822. The molecule has 0 bridgehead atoms. The molecule has 1 fully saturated rings. The molecular formula is C14H20BrNO4S. The molecule has 5 nitrogen and oxygen atoms in total. The molecule has 21 heavy (non-hydrogen) atoms. The number of aliphatic hydroxyl groups is 1. The molecule has 0 unspecified atom stereocenters. The summed E-state index contributed by atoms with van der Waals surface area (Å²) in [5, 5.41) is 9.07. The Hall–Kier alpha value is -0.470. The standard InChI is InChI=1S/C14H20BrNO4S/c1-14(4-6-20-7-5-14)10-16-21(18,19)13-3-2-11(9-17)8-12(13)15/h2-3,8,16-17H,4-7,9-10H2,1H3. The van der Waals surface area contributed by atoms with Gasteiger partial charge in [0.1, 0.15) is 0 Å². The highest BCUT2D eigenvalue weighted by molar-refractivity contribution is 9.10. The number of aliphatic hydroxyl groups excluding tert-OH is 1. The van der Waals surface area contributed by atoms with Crippen LogP contribution in [0.3, 0.4) is 0 Å². The van der Waals surface area contributed by atoms with Gasteiger partial charge in [-0.2, -0.15) is 0 Å². The molecule has 0 saturated carbocycles. The lowest BCUT2D eigenvalue weighted by atomic mass is 9.83. The van der Waals surface area contributed by atoms with Crippen molar-refractivity contribution in [2.75, 3.05) is 19.8 Å². The molecule has 0 spiro atoms. The Morgan fingerprint density at radius 1 is 1.38 bits per heavy atom. The summed E-state index contributed by atoms with van der Waals surface area (Å²) in [5.74, 6) is 0. The van der Waals surface area contributed by atoms with E-state index >= 15 is 0 Å². The molecule has 1 heterocycles. The number of rotatable bonds is 5. The summed E-state index contributed by atoms with van der Waals surface area (Å²) in [7, 11) is -3.57. The number of nitrogens with one attached hydrogen (secondary N) is 1. The zero-order valence-corrected chi connectivity index (χ0v) is 14.3. The van der Waals surface area contributed by atoms with Crippen LogP contribution in [0.4, 0.5) is 0 Å². The minimum atomic E-state index is -3.57. The molecule has 1 saturated heterocycles. The van der Waals surface area contributed by atoms with Gasteiger partial charge in [-0.1, -0.05) is 13.0 Å². The van der Waals surface area contributed by atoms with Crippen LogP contribution in [-0.4, -0.2) is 33.3 Å². The predicted molar refractivity (Wildman–Crippen MR) is 83.4 cm³/mol. The molecule has 0 aromatic heterocycles. The summed E-state index contributed by atoms with van der Waals surface area (Å²) in [5.41, 5.74) is 0.597. The Kier molecular flexibility index (Phi) is 5.43. The van der Waals surface area contributed by atoms with E-state index in [0.29, 0.717) is 29.8 Å². The van der Waals surface area contributed by atoms with E-state index < -0.39 is 10.0 Å². The summed E-state index contributed by atoms with van der Waals surface area (Å²) < 4.78 is 33.3. The van der Waals surface area contributed by atoms with Crippen molar-refractivity contribution in [2.24, 2.45) is 5.41 Å². The SMILES string of the molecule is CC1(CNS(=O)(=O)c2ccc(CO)cc2Br)CCOCC1. The Labute approximate surface area is 133 Å². The fraction of sp³-hybridized carbons (Fsp3) is 0.571. The Balaban J connectivity index is 2.11. The van der Waals surface area contributed by atoms with Crippen LogP contribution in [-0.2, 0) is 21.4 Å². The van der Waals surface area contributed by atoms with Crippen molar-refractivity contribution in [1.29, 1.82) is 0 Å². The first-order valence-electron chi connectivity index (χ1n) is 6.83. The van der Waals surface area contributed by atoms with Crippen molar-refractivity contribution >= 4 is 26.0 Å². The van der Waals surface area contributed by atoms with E-state index in [1.165, 1.54) is 6.07 Å². The molecular weight excluding hydrogens is 358 g/mol. The van der Waals surface area contributed by atoms with Crippen molar-refractivity contribution in [1.82, 2.24) is 4.72 Å². The molecule has 0 amide bonds. The average Bonchev–Trinajstić information content (AvgIpc) is 2.46. The van der Waals surface area contributed by atoms with Gasteiger partial charge in [0, 0.05) is 24.2 Å². The van der Waals surface area contributed by atoms with Gasteiger partial charge in [-0.25, -0.2) is 13.1 Å². The van der Waals surface area contributed by atoms with E-state index in [1.807, 2.05) is 0 Å². The smallest absolute Gasteiger partial charge is 0.241 e. The van der Waals surface area contributed by atoms with E-state index in [2.05, 4.69) is 27.6 Å². The van der Waals surface area contributed by atoms with Crippen LogP contribution in [0.15, 0.2) is 27.6 Å². The lowest BCUT2D eigenvalue weighted by Gasteiger charge is -2.33. The van der Waals surface area contributed by atoms with Gasteiger partial charge in [0.15, 0.2) is 0 Å². The molecule has 7 heteroatoms. The van der Waals surface area contributed by atoms with Crippen molar-refractivity contribution in [3.05, 3.63) is 28.2 Å². The minimum absolute atomic E-state index is 0.0666. The molecule has 2 N–H and O–H groups in total. The van der Waals surface area contributed by atoms with Gasteiger partial charge in [-0.05, 0) is 51.9 Å². The highest BCUT2D eigenvalue weighted by atomic mass is 79.9. The molecule has 2 rings (SSSR count). The number of hydrogen-bond acceptors (Lipinski definition) is 4. The molecule has 0 atom stereocenters. The Morgan fingerprint density at radius 2 is 2.05 bits per heavy atom. The van der Waals surface area contributed by atoms with Gasteiger partial charge >= 0.3 is 0 Å². The van der Waals surface area contributed by atoms with Crippen LogP contribution < -0.4 is 4.72 Å². The second-order valence-corrected chi connectivity index (χ2v) is 8.26. The molecule has 118 valence electrons. The van der Waals surface area contributed by atoms with Crippen molar-refractivity contribution in [3.8, 4) is 0 Å². The zero-order valence-electron chi connectivity index (χ0n) is 11.9. The number of benzene rings is 1. The van der Waals surface area contributed by atoms with Crippen molar-refractivity contribution in [2.45, 2.75) is 31.3 Å². The van der Waals surface area contributed by atoms with Gasteiger partial charge < -0.3 is 9.84 Å². The third kappa shape index (κ3) is 4.26. The molecule has 0 aliphatic carbocycles. The van der Waals surface area contributed by atoms with Crippen LogP contribution in [0.2, 0.25) is 0 Å². The number of sulfonamides is 1. The van der Waals surface area contributed by atoms with Gasteiger partial charge in [0.25, 0.3) is 0 Å². The third-order valence-corrected chi connectivity index (χ3v) is 6.24. The van der Waals surface area contributed by atoms with Gasteiger partial charge in [-0.15, -0.1) is 0 Å². The topological polar surface area (TPSA) is 75.6 Å². The minimum Gasteiger partial charge on any atom is -0.392 e. The van der Waals surface area contributed by atoms with Crippen LogP contribution in [0.1, 0.15) is 25.3 Å². The van der Waals surface area contributed by atoms with Gasteiger partial charge in [-0.3, -0.25) is 0 Å². The predicted octanol–water partition coefficient (Wildman–Crippen LogP) is 2.04. The lowest BCUT2D eigenvalue weighted by Crippen LogP contribution is -2.39. The van der Waals surface area contributed by atoms with Gasteiger partial charge in [0.05, 0.1) is 11.5 Å². The summed E-state index contributed by atoms with van der Waals surface area (Å²) in [4.78, 5) is 0.190. The van der Waals surface area contributed by atoms with E-state index in [0.717, 1.165) is 12.8 Å². The summed E-state index contributed by atoms with van der Waals surface area (Å²) >= 11 is 3.25. The van der Waals surface area contributed by atoms with Crippen molar-refractivity contribution in [3.63, 3.8) is 0 Å². The fourth-order valence-electron chi connectivity index (χ4n) is 2.25. The number of halogens is 1. The van der Waals surface area contributed by atoms with Crippen LogP contribution in [0.25, 0.3) is 0 Å². The second-order valence-electron chi connectivity index (χ2n) is 5.67. The Morgan fingerprint density at radius 3 is 2.62 bits per heavy atom. The first-order valence-corrected chi connectivity index (χ1v) is 9.11. The summed E-state index contributed by atoms with van der Waals surface area (Å²) in [6, 6.07) is 4.73. The molecule has 1 aromatic rings. The highest BCUT2D eigenvalue weighted by Gasteiger charge is 2.29.